The molecule has 0 saturated heterocycles. The maximum absolute atomic E-state index is 12.9. The Balaban J connectivity index is 1.53. The standard InChI is InChI=1S/C19H21FN4O2S/c1-2-9-24(12-17(25)21-11-14-5-7-15(20)8-6-14)13-18-22-23-19(26-18)16-4-3-10-27-16/h3-8,10H,2,9,11-13H2,1H3,(H,21,25). The highest BCUT2D eigenvalue weighted by Gasteiger charge is 2.15. The summed E-state index contributed by atoms with van der Waals surface area (Å²) in [5.41, 5.74) is 0.851. The lowest BCUT2D eigenvalue weighted by atomic mass is 10.2. The topological polar surface area (TPSA) is 71.3 Å². The van der Waals surface area contributed by atoms with Crippen molar-refractivity contribution in [3.8, 4) is 10.8 Å². The van der Waals surface area contributed by atoms with Crippen LogP contribution in [0.1, 0.15) is 24.8 Å². The number of thiophene rings is 1. The van der Waals surface area contributed by atoms with Gasteiger partial charge in [0, 0.05) is 6.54 Å². The lowest BCUT2D eigenvalue weighted by molar-refractivity contribution is -0.122. The number of nitrogens with one attached hydrogen (secondary N) is 1. The van der Waals surface area contributed by atoms with Gasteiger partial charge in [0.25, 0.3) is 5.89 Å². The van der Waals surface area contributed by atoms with Crippen molar-refractivity contribution in [3.63, 3.8) is 0 Å². The molecule has 0 aliphatic heterocycles. The summed E-state index contributed by atoms with van der Waals surface area (Å²) in [5.74, 6) is 0.585. The van der Waals surface area contributed by atoms with Crippen molar-refractivity contribution in [2.75, 3.05) is 13.1 Å². The van der Waals surface area contributed by atoms with Gasteiger partial charge >= 0.3 is 0 Å². The van der Waals surface area contributed by atoms with Crippen LogP contribution in [0.5, 0.6) is 0 Å². The molecule has 0 aliphatic rings. The molecule has 1 N–H and O–H groups in total. The summed E-state index contributed by atoms with van der Waals surface area (Å²) < 4.78 is 18.6. The van der Waals surface area contributed by atoms with Gasteiger partial charge in [0.2, 0.25) is 11.8 Å². The van der Waals surface area contributed by atoms with Crippen molar-refractivity contribution < 1.29 is 13.6 Å². The number of hydrogen-bond acceptors (Lipinski definition) is 6. The van der Waals surface area contributed by atoms with Crippen LogP contribution in [0.25, 0.3) is 10.8 Å². The summed E-state index contributed by atoms with van der Waals surface area (Å²) in [6, 6.07) is 9.93. The number of amides is 1. The van der Waals surface area contributed by atoms with Crippen LogP contribution in [0, 0.1) is 5.82 Å². The summed E-state index contributed by atoms with van der Waals surface area (Å²) in [5, 5.41) is 13.0. The molecular formula is C19H21FN4O2S. The van der Waals surface area contributed by atoms with Crippen LogP contribution in [0.2, 0.25) is 0 Å². The Morgan fingerprint density at radius 2 is 2.07 bits per heavy atom. The summed E-state index contributed by atoms with van der Waals surface area (Å²) >= 11 is 1.54. The van der Waals surface area contributed by atoms with E-state index in [1.54, 1.807) is 12.1 Å². The highest BCUT2D eigenvalue weighted by Crippen LogP contribution is 2.23. The Labute approximate surface area is 161 Å². The average molecular weight is 388 g/mol. The predicted molar refractivity (Wildman–Crippen MR) is 101 cm³/mol. The number of carbonyl (C=O) groups excluding carboxylic acids is 1. The van der Waals surface area contributed by atoms with Gasteiger partial charge in [0.1, 0.15) is 5.82 Å². The van der Waals surface area contributed by atoms with E-state index in [0.717, 1.165) is 23.4 Å². The second-order valence-corrected chi connectivity index (χ2v) is 7.04. The molecule has 0 bridgehead atoms. The smallest absolute Gasteiger partial charge is 0.257 e. The molecule has 0 atom stereocenters. The number of nitrogens with zero attached hydrogens (tertiary/aromatic N) is 3. The molecule has 0 aliphatic carbocycles. The molecule has 27 heavy (non-hydrogen) atoms. The quantitative estimate of drug-likeness (QED) is 0.608. The third-order valence-electron chi connectivity index (χ3n) is 3.87. The van der Waals surface area contributed by atoms with Gasteiger partial charge in [-0.1, -0.05) is 25.1 Å². The molecular weight excluding hydrogens is 367 g/mol. The Morgan fingerprint density at radius 3 is 2.78 bits per heavy atom. The van der Waals surface area contributed by atoms with E-state index >= 15 is 0 Å². The van der Waals surface area contributed by atoms with Crippen LogP contribution in [-0.4, -0.2) is 34.1 Å². The van der Waals surface area contributed by atoms with E-state index in [1.165, 1.54) is 23.5 Å². The predicted octanol–water partition coefficient (Wildman–Crippen LogP) is 3.47. The third-order valence-corrected chi connectivity index (χ3v) is 4.73. The van der Waals surface area contributed by atoms with Crippen LogP contribution in [0.15, 0.2) is 46.2 Å². The molecule has 0 fully saturated rings. The molecule has 1 amide bonds. The normalized spacial score (nSPS) is 11.1. The van der Waals surface area contributed by atoms with Gasteiger partial charge in [-0.05, 0) is 42.1 Å². The largest absolute Gasteiger partial charge is 0.419 e. The Bertz CT molecular complexity index is 849. The molecule has 6 nitrogen and oxygen atoms in total. The Morgan fingerprint density at radius 1 is 1.26 bits per heavy atom. The van der Waals surface area contributed by atoms with E-state index in [4.69, 9.17) is 4.42 Å². The van der Waals surface area contributed by atoms with Gasteiger partial charge < -0.3 is 9.73 Å². The van der Waals surface area contributed by atoms with E-state index in [0.29, 0.717) is 24.9 Å². The maximum atomic E-state index is 12.9. The van der Waals surface area contributed by atoms with Crippen LogP contribution in [-0.2, 0) is 17.9 Å². The number of hydrogen-bond donors (Lipinski definition) is 1. The molecule has 8 heteroatoms. The summed E-state index contributed by atoms with van der Waals surface area (Å²) in [7, 11) is 0. The lowest BCUT2D eigenvalue weighted by Gasteiger charge is -2.19. The maximum Gasteiger partial charge on any atom is 0.257 e. The zero-order valence-electron chi connectivity index (χ0n) is 15.0. The van der Waals surface area contributed by atoms with Crippen LogP contribution in [0.4, 0.5) is 4.39 Å². The minimum atomic E-state index is -0.291. The first-order valence-corrected chi connectivity index (χ1v) is 9.61. The summed E-state index contributed by atoms with van der Waals surface area (Å²) in [6.45, 7) is 3.79. The second kappa shape index (κ2) is 9.38. The molecule has 0 spiro atoms. The van der Waals surface area contributed by atoms with Gasteiger partial charge in [0.05, 0.1) is 18.0 Å². The SMILES string of the molecule is CCCN(CC(=O)NCc1ccc(F)cc1)Cc1nnc(-c2cccs2)o1. The molecule has 0 saturated carbocycles. The van der Waals surface area contributed by atoms with E-state index in [1.807, 2.05) is 29.3 Å². The first-order valence-electron chi connectivity index (χ1n) is 8.74. The summed E-state index contributed by atoms with van der Waals surface area (Å²) in [4.78, 5) is 15.1. The zero-order chi connectivity index (χ0) is 19.1. The van der Waals surface area contributed by atoms with E-state index in [-0.39, 0.29) is 18.3 Å². The number of aromatic nitrogens is 2. The van der Waals surface area contributed by atoms with Gasteiger partial charge in [-0.25, -0.2) is 4.39 Å². The zero-order valence-corrected chi connectivity index (χ0v) is 15.8. The highest BCUT2D eigenvalue weighted by atomic mass is 32.1. The fourth-order valence-electron chi connectivity index (χ4n) is 2.60. The molecule has 0 radical (unpaired) electrons. The number of carbonyl (C=O) groups is 1. The molecule has 142 valence electrons. The highest BCUT2D eigenvalue weighted by molar-refractivity contribution is 7.13. The minimum Gasteiger partial charge on any atom is -0.419 e. The van der Waals surface area contributed by atoms with Crippen LogP contribution < -0.4 is 5.32 Å². The van der Waals surface area contributed by atoms with Crippen molar-refractivity contribution in [1.29, 1.82) is 0 Å². The molecule has 2 heterocycles. The van der Waals surface area contributed by atoms with E-state index in [9.17, 15) is 9.18 Å². The molecule has 3 rings (SSSR count). The number of benzene rings is 1. The van der Waals surface area contributed by atoms with Crippen molar-refractivity contribution in [2.24, 2.45) is 0 Å². The Hall–Kier alpha value is -2.58. The lowest BCUT2D eigenvalue weighted by Crippen LogP contribution is -2.37. The van der Waals surface area contributed by atoms with Gasteiger partial charge in [0.15, 0.2) is 0 Å². The van der Waals surface area contributed by atoms with Crippen molar-refractivity contribution in [2.45, 2.75) is 26.4 Å². The minimum absolute atomic E-state index is 0.106. The average Bonchev–Trinajstić information content (AvgIpc) is 3.33. The number of halogens is 1. The fourth-order valence-corrected chi connectivity index (χ4v) is 3.24. The molecule has 2 aromatic heterocycles. The van der Waals surface area contributed by atoms with Crippen LogP contribution >= 0.6 is 11.3 Å². The van der Waals surface area contributed by atoms with Crippen molar-refractivity contribution in [1.82, 2.24) is 20.4 Å². The first kappa shape index (κ1) is 19.2. The van der Waals surface area contributed by atoms with Gasteiger partial charge in [-0.3, -0.25) is 9.69 Å². The van der Waals surface area contributed by atoms with E-state index < -0.39 is 0 Å². The molecule has 3 aromatic rings. The third kappa shape index (κ3) is 5.70. The molecule has 1 aromatic carbocycles. The fraction of sp³-hybridized carbons (Fsp3) is 0.316. The van der Waals surface area contributed by atoms with Crippen LogP contribution in [0.3, 0.4) is 0 Å². The van der Waals surface area contributed by atoms with Crippen molar-refractivity contribution in [3.05, 3.63) is 59.0 Å². The van der Waals surface area contributed by atoms with E-state index in [2.05, 4.69) is 15.5 Å². The monoisotopic (exact) mass is 388 g/mol. The van der Waals surface area contributed by atoms with Gasteiger partial charge in [-0.2, -0.15) is 0 Å². The molecule has 0 unspecified atom stereocenters. The van der Waals surface area contributed by atoms with Crippen molar-refractivity contribution >= 4 is 17.2 Å². The second-order valence-electron chi connectivity index (χ2n) is 6.09. The Kier molecular flexibility index (Phi) is 6.67. The first-order chi connectivity index (χ1) is 13.1. The summed E-state index contributed by atoms with van der Waals surface area (Å²) in [6.07, 6.45) is 0.900. The number of rotatable bonds is 9. The van der Waals surface area contributed by atoms with Gasteiger partial charge in [-0.15, -0.1) is 21.5 Å².